The van der Waals surface area contributed by atoms with Crippen molar-refractivity contribution in [3.05, 3.63) is 28.2 Å². The van der Waals surface area contributed by atoms with E-state index in [1.54, 1.807) is 0 Å². The van der Waals surface area contributed by atoms with Crippen LogP contribution >= 0.6 is 15.9 Å². The molecule has 0 aromatic heterocycles. The van der Waals surface area contributed by atoms with Gasteiger partial charge in [-0.3, -0.25) is 0 Å². The second kappa shape index (κ2) is 7.02. The molecule has 0 saturated carbocycles. The summed E-state index contributed by atoms with van der Waals surface area (Å²) in [4.78, 5) is 2.28. The molecule has 0 aliphatic heterocycles. The minimum atomic E-state index is 0.404. The summed E-state index contributed by atoms with van der Waals surface area (Å²) in [6.45, 7) is 8.61. The van der Waals surface area contributed by atoms with Crippen LogP contribution in [0.4, 0.5) is 5.69 Å². The number of halogens is 1. The molecule has 0 spiro atoms. The van der Waals surface area contributed by atoms with Crippen molar-refractivity contribution in [3.8, 4) is 0 Å². The van der Waals surface area contributed by atoms with Crippen molar-refractivity contribution < 1.29 is 0 Å². The number of anilines is 1. The van der Waals surface area contributed by atoms with Gasteiger partial charge in [-0.15, -0.1) is 0 Å². The molecule has 1 unspecified atom stereocenters. The van der Waals surface area contributed by atoms with Crippen LogP contribution in [-0.4, -0.2) is 20.1 Å². The standard InChI is InChI=1S/C14H23BrN2/c1-5-9-17(4)14-8-7-12(10-13(14)15)11(3)16-6-2/h7-8,10-11,16H,5-6,9H2,1-4H3. The number of rotatable bonds is 6. The van der Waals surface area contributed by atoms with Crippen LogP contribution < -0.4 is 10.2 Å². The molecule has 1 N–H and O–H groups in total. The van der Waals surface area contributed by atoms with E-state index in [1.165, 1.54) is 22.1 Å². The van der Waals surface area contributed by atoms with Gasteiger partial charge < -0.3 is 10.2 Å². The van der Waals surface area contributed by atoms with Gasteiger partial charge in [-0.2, -0.15) is 0 Å². The fourth-order valence-corrected chi connectivity index (χ4v) is 2.68. The Hall–Kier alpha value is -0.540. The van der Waals surface area contributed by atoms with Crippen molar-refractivity contribution in [2.75, 3.05) is 25.0 Å². The minimum absolute atomic E-state index is 0.404. The lowest BCUT2D eigenvalue weighted by Gasteiger charge is -2.21. The highest BCUT2D eigenvalue weighted by Crippen LogP contribution is 2.28. The van der Waals surface area contributed by atoms with Crippen LogP contribution in [0.25, 0.3) is 0 Å². The maximum Gasteiger partial charge on any atom is 0.0508 e. The van der Waals surface area contributed by atoms with Crippen LogP contribution in [0.5, 0.6) is 0 Å². The molecule has 0 saturated heterocycles. The van der Waals surface area contributed by atoms with E-state index in [9.17, 15) is 0 Å². The monoisotopic (exact) mass is 298 g/mol. The Morgan fingerprint density at radius 3 is 2.59 bits per heavy atom. The van der Waals surface area contributed by atoms with Crippen LogP contribution in [0.1, 0.15) is 38.8 Å². The second-order valence-electron chi connectivity index (χ2n) is 4.41. The van der Waals surface area contributed by atoms with Gasteiger partial charge in [0.15, 0.2) is 0 Å². The second-order valence-corrected chi connectivity index (χ2v) is 5.27. The maximum absolute atomic E-state index is 3.67. The van der Waals surface area contributed by atoms with Crippen molar-refractivity contribution in [1.29, 1.82) is 0 Å². The number of benzene rings is 1. The Balaban J connectivity index is 2.85. The topological polar surface area (TPSA) is 15.3 Å². The summed E-state index contributed by atoms with van der Waals surface area (Å²) in [6, 6.07) is 7.03. The van der Waals surface area contributed by atoms with Crippen LogP contribution in [0.3, 0.4) is 0 Å². The first-order valence-corrected chi connectivity index (χ1v) is 7.13. The van der Waals surface area contributed by atoms with E-state index in [1.807, 2.05) is 0 Å². The van der Waals surface area contributed by atoms with Gasteiger partial charge in [0.05, 0.1) is 5.69 Å². The summed E-state index contributed by atoms with van der Waals surface area (Å²) in [7, 11) is 2.14. The molecule has 0 amide bonds. The van der Waals surface area contributed by atoms with Crippen LogP contribution in [-0.2, 0) is 0 Å². The molecule has 17 heavy (non-hydrogen) atoms. The third-order valence-corrected chi connectivity index (χ3v) is 3.59. The van der Waals surface area contributed by atoms with E-state index in [0.717, 1.165) is 13.1 Å². The molecular formula is C14H23BrN2. The lowest BCUT2D eigenvalue weighted by atomic mass is 10.1. The highest BCUT2D eigenvalue weighted by molar-refractivity contribution is 9.10. The molecule has 0 fully saturated rings. The predicted molar refractivity (Wildman–Crippen MR) is 79.8 cm³/mol. The smallest absolute Gasteiger partial charge is 0.0508 e. The average molecular weight is 299 g/mol. The van der Waals surface area contributed by atoms with Crippen molar-refractivity contribution in [3.63, 3.8) is 0 Å². The molecule has 0 heterocycles. The first-order valence-electron chi connectivity index (χ1n) is 6.34. The number of hydrogen-bond donors (Lipinski definition) is 1. The first-order chi connectivity index (χ1) is 8.10. The van der Waals surface area contributed by atoms with Crippen molar-refractivity contribution in [2.24, 2.45) is 0 Å². The van der Waals surface area contributed by atoms with Gasteiger partial charge in [0.25, 0.3) is 0 Å². The van der Waals surface area contributed by atoms with E-state index >= 15 is 0 Å². The summed E-state index contributed by atoms with van der Waals surface area (Å²) in [5.74, 6) is 0. The third-order valence-electron chi connectivity index (χ3n) is 2.95. The van der Waals surface area contributed by atoms with Crippen molar-refractivity contribution in [2.45, 2.75) is 33.2 Å². The molecule has 0 radical (unpaired) electrons. The molecule has 1 rings (SSSR count). The zero-order valence-electron chi connectivity index (χ0n) is 11.3. The SMILES string of the molecule is CCCN(C)c1ccc(C(C)NCC)cc1Br. The normalized spacial score (nSPS) is 12.5. The van der Waals surface area contributed by atoms with E-state index in [2.05, 4.69) is 72.2 Å². The minimum Gasteiger partial charge on any atom is -0.374 e. The van der Waals surface area contributed by atoms with Crippen LogP contribution in [0, 0.1) is 0 Å². The quantitative estimate of drug-likeness (QED) is 0.855. The van der Waals surface area contributed by atoms with Gasteiger partial charge in [-0.25, -0.2) is 0 Å². The summed E-state index contributed by atoms with van der Waals surface area (Å²) in [5, 5.41) is 3.43. The highest BCUT2D eigenvalue weighted by atomic mass is 79.9. The molecule has 1 aromatic carbocycles. The van der Waals surface area contributed by atoms with Gasteiger partial charge in [0.1, 0.15) is 0 Å². The average Bonchev–Trinajstić information content (AvgIpc) is 2.29. The summed E-state index contributed by atoms with van der Waals surface area (Å²) >= 11 is 3.67. The fourth-order valence-electron chi connectivity index (χ4n) is 1.98. The van der Waals surface area contributed by atoms with E-state index in [0.29, 0.717) is 6.04 Å². The molecule has 3 heteroatoms. The van der Waals surface area contributed by atoms with E-state index in [-0.39, 0.29) is 0 Å². The Labute approximate surface area is 114 Å². The van der Waals surface area contributed by atoms with E-state index < -0.39 is 0 Å². The Bertz CT molecular complexity index is 352. The summed E-state index contributed by atoms with van der Waals surface area (Å²) < 4.78 is 1.18. The Morgan fingerprint density at radius 1 is 1.35 bits per heavy atom. The zero-order valence-corrected chi connectivity index (χ0v) is 12.8. The summed E-state index contributed by atoms with van der Waals surface area (Å²) in [5.41, 5.74) is 2.59. The van der Waals surface area contributed by atoms with Crippen molar-refractivity contribution >= 4 is 21.6 Å². The lowest BCUT2D eigenvalue weighted by molar-refractivity contribution is 0.598. The predicted octanol–water partition coefficient (Wildman–Crippen LogP) is 3.97. The largest absolute Gasteiger partial charge is 0.374 e. The molecule has 0 aliphatic rings. The summed E-state index contributed by atoms with van der Waals surface area (Å²) in [6.07, 6.45) is 1.17. The van der Waals surface area contributed by atoms with Crippen molar-refractivity contribution in [1.82, 2.24) is 5.32 Å². The van der Waals surface area contributed by atoms with Gasteiger partial charge in [0, 0.05) is 24.1 Å². The Kier molecular flexibility index (Phi) is 6.00. The molecule has 2 nitrogen and oxygen atoms in total. The zero-order chi connectivity index (χ0) is 12.8. The molecule has 0 aliphatic carbocycles. The number of nitrogens with one attached hydrogen (secondary N) is 1. The molecule has 1 aromatic rings. The molecule has 0 bridgehead atoms. The van der Waals surface area contributed by atoms with Crippen LogP contribution in [0.15, 0.2) is 22.7 Å². The van der Waals surface area contributed by atoms with Crippen LogP contribution in [0.2, 0.25) is 0 Å². The van der Waals surface area contributed by atoms with E-state index in [4.69, 9.17) is 0 Å². The fraction of sp³-hybridized carbons (Fsp3) is 0.571. The van der Waals surface area contributed by atoms with Gasteiger partial charge in [-0.05, 0) is 53.5 Å². The Morgan fingerprint density at radius 2 is 2.06 bits per heavy atom. The molecule has 1 atom stereocenters. The molecular weight excluding hydrogens is 276 g/mol. The third kappa shape index (κ3) is 4.00. The maximum atomic E-state index is 3.67. The number of nitrogens with zero attached hydrogens (tertiary/aromatic N) is 1. The highest BCUT2D eigenvalue weighted by Gasteiger charge is 2.09. The first kappa shape index (κ1) is 14.5. The molecule has 96 valence electrons. The van der Waals surface area contributed by atoms with Gasteiger partial charge >= 0.3 is 0 Å². The van der Waals surface area contributed by atoms with Gasteiger partial charge in [-0.1, -0.05) is 19.9 Å². The van der Waals surface area contributed by atoms with Gasteiger partial charge in [0.2, 0.25) is 0 Å². The number of hydrogen-bond acceptors (Lipinski definition) is 2. The lowest BCUT2D eigenvalue weighted by Crippen LogP contribution is -2.20.